The summed E-state index contributed by atoms with van der Waals surface area (Å²) in [6, 6.07) is 20.8. The fourth-order valence-electron chi connectivity index (χ4n) is 1.26. The third kappa shape index (κ3) is 4.73. The average Bonchev–Trinajstić information content (AvgIpc) is 2.31. The van der Waals surface area contributed by atoms with Gasteiger partial charge in [-0.05, 0) is 18.1 Å². The van der Waals surface area contributed by atoms with Crippen molar-refractivity contribution < 1.29 is 10.2 Å². The first-order valence-electron chi connectivity index (χ1n) is 5.17. The molecule has 0 radical (unpaired) electrons. The zero-order valence-electron chi connectivity index (χ0n) is 9.25. The van der Waals surface area contributed by atoms with Gasteiger partial charge in [0.05, 0.1) is 0 Å². The number of hydrogen-bond acceptors (Lipinski definition) is 2. The molecule has 0 aliphatic carbocycles. The zero-order chi connectivity index (χ0) is 11.8. The molecule has 0 aliphatic rings. The predicted octanol–water partition coefficient (Wildman–Crippen LogP) is 2.67. The van der Waals surface area contributed by atoms with Crippen molar-refractivity contribution >= 4 is 0 Å². The summed E-state index contributed by atoms with van der Waals surface area (Å²) in [5.41, 5.74) is 2.55. The minimum Gasteiger partial charge on any atom is -0.368 e. The van der Waals surface area contributed by atoms with Crippen molar-refractivity contribution in [2.75, 3.05) is 0 Å². The Kier molecular flexibility index (Phi) is 5.26. The predicted molar refractivity (Wildman–Crippen MR) is 65.8 cm³/mol. The first-order valence-corrected chi connectivity index (χ1v) is 5.17. The second kappa shape index (κ2) is 6.77. The summed E-state index contributed by atoms with van der Waals surface area (Å²) in [4.78, 5) is 0. The van der Waals surface area contributed by atoms with Gasteiger partial charge in [0, 0.05) is 0 Å². The van der Waals surface area contributed by atoms with E-state index < -0.39 is 6.29 Å². The van der Waals surface area contributed by atoms with E-state index in [1.807, 2.05) is 12.1 Å². The van der Waals surface area contributed by atoms with Gasteiger partial charge < -0.3 is 10.2 Å². The van der Waals surface area contributed by atoms with E-state index in [0.717, 1.165) is 0 Å². The summed E-state index contributed by atoms with van der Waals surface area (Å²) in [5.74, 6) is 0. The van der Waals surface area contributed by atoms with Crippen LogP contribution in [0.3, 0.4) is 0 Å². The smallest absolute Gasteiger partial charge is 0.148 e. The molecule has 0 aromatic heterocycles. The first kappa shape index (κ1) is 12.4. The summed E-state index contributed by atoms with van der Waals surface area (Å²) in [5, 5.41) is 15.2. The average molecular weight is 216 g/mol. The lowest BCUT2D eigenvalue weighted by Gasteiger charge is -1.98. The van der Waals surface area contributed by atoms with Gasteiger partial charge in [-0.2, -0.15) is 0 Å². The minimum absolute atomic E-state index is 1.17. The number of rotatable bonds is 1. The van der Waals surface area contributed by atoms with Crippen molar-refractivity contribution in [1.82, 2.24) is 0 Å². The van der Waals surface area contributed by atoms with E-state index >= 15 is 0 Å². The maximum atomic E-state index is 7.61. The molecule has 2 aromatic carbocycles. The van der Waals surface area contributed by atoms with Crippen LogP contribution in [-0.4, -0.2) is 16.5 Å². The Hall–Kier alpha value is -1.64. The van der Waals surface area contributed by atoms with Gasteiger partial charge in [0.2, 0.25) is 0 Å². The van der Waals surface area contributed by atoms with E-state index in [-0.39, 0.29) is 0 Å². The highest BCUT2D eigenvalue weighted by atomic mass is 16.5. The fourth-order valence-corrected chi connectivity index (χ4v) is 1.26. The highest BCUT2D eigenvalue weighted by Crippen LogP contribution is 2.17. The van der Waals surface area contributed by atoms with Crippen LogP contribution in [0.2, 0.25) is 0 Å². The summed E-state index contributed by atoms with van der Waals surface area (Å²) < 4.78 is 0. The molecular weight excluding hydrogens is 200 g/mol. The second-order valence-corrected chi connectivity index (χ2v) is 3.36. The van der Waals surface area contributed by atoms with E-state index in [9.17, 15) is 0 Å². The quantitative estimate of drug-likeness (QED) is 0.719. The Morgan fingerprint density at radius 1 is 0.688 bits per heavy atom. The van der Waals surface area contributed by atoms with Gasteiger partial charge in [-0.1, -0.05) is 60.7 Å². The van der Waals surface area contributed by atoms with Crippen molar-refractivity contribution in [2.24, 2.45) is 0 Å². The molecule has 2 nitrogen and oxygen atoms in total. The largest absolute Gasteiger partial charge is 0.368 e. The van der Waals surface area contributed by atoms with Gasteiger partial charge >= 0.3 is 0 Å². The molecule has 0 atom stereocenters. The van der Waals surface area contributed by atoms with Gasteiger partial charge in [0.25, 0.3) is 0 Å². The highest BCUT2D eigenvalue weighted by Gasteiger charge is 1.91. The monoisotopic (exact) mass is 216 g/mol. The van der Waals surface area contributed by atoms with Crippen molar-refractivity contribution in [2.45, 2.75) is 13.2 Å². The van der Waals surface area contributed by atoms with E-state index in [4.69, 9.17) is 10.2 Å². The van der Waals surface area contributed by atoms with E-state index in [1.165, 1.54) is 18.1 Å². The Bertz CT molecular complexity index is 342. The number of hydrogen-bond donors (Lipinski definition) is 2. The molecule has 0 spiro atoms. The van der Waals surface area contributed by atoms with Crippen LogP contribution in [0, 0.1) is 0 Å². The lowest BCUT2D eigenvalue weighted by atomic mass is 10.1. The topological polar surface area (TPSA) is 40.5 Å². The molecule has 2 heteroatoms. The Balaban J connectivity index is 0.000000280. The summed E-state index contributed by atoms with van der Waals surface area (Å²) >= 11 is 0. The normalized spacial score (nSPS) is 9.50. The van der Waals surface area contributed by atoms with Crippen molar-refractivity contribution in [1.29, 1.82) is 0 Å². The lowest BCUT2D eigenvalue weighted by Crippen LogP contribution is -1.92. The molecule has 0 amide bonds. The fraction of sp³-hybridized carbons (Fsp3) is 0.143. The molecule has 84 valence electrons. The maximum absolute atomic E-state index is 7.61. The summed E-state index contributed by atoms with van der Waals surface area (Å²) in [6.45, 7) is 1.28. The third-order valence-corrected chi connectivity index (χ3v) is 1.88. The van der Waals surface area contributed by atoms with Crippen LogP contribution in [0.4, 0.5) is 0 Å². The van der Waals surface area contributed by atoms with Crippen LogP contribution in [-0.2, 0) is 0 Å². The number of benzene rings is 2. The van der Waals surface area contributed by atoms with Crippen LogP contribution < -0.4 is 0 Å². The Morgan fingerprint density at radius 3 is 1.19 bits per heavy atom. The van der Waals surface area contributed by atoms with E-state index in [1.54, 1.807) is 0 Å². The third-order valence-electron chi connectivity index (χ3n) is 1.88. The van der Waals surface area contributed by atoms with Crippen molar-refractivity contribution in [3.8, 4) is 11.1 Å². The molecule has 16 heavy (non-hydrogen) atoms. The van der Waals surface area contributed by atoms with Crippen LogP contribution in [0.5, 0.6) is 0 Å². The van der Waals surface area contributed by atoms with Gasteiger partial charge in [-0.25, -0.2) is 0 Å². The second-order valence-electron chi connectivity index (χ2n) is 3.36. The molecular formula is C14H16O2. The number of aliphatic hydroxyl groups is 2. The molecule has 0 fully saturated rings. The van der Waals surface area contributed by atoms with Gasteiger partial charge in [0.1, 0.15) is 6.29 Å². The molecule has 0 unspecified atom stereocenters. The zero-order valence-corrected chi connectivity index (χ0v) is 9.25. The molecule has 0 aliphatic heterocycles. The molecule has 0 saturated heterocycles. The highest BCUT2D eigenvalue weighted by molar-refractivity contribution is 5.62. The Labute approximate surface area is 95.8 Å². The SMILES string of the molecule is CC(O)O.c1ccc(-c2ccccc2)cc1. The van der Waals surface area contributed by atoms with Crippen molar-refractivity contribution in [3.05, 3.63) is 60.7 Å². The summed E-state index contributed by atoms with van der Waals surface area (Å²) in [7, 11) is 0. The number of aliphatic hydroxyl groups excluding tert-OH is 1. The van der Waals surface area contributed by atoms with Crippen LogP contribution >= 0.6 is 0 Å². The molecule has 2 aromatic rings. The van der Waals surface area contributed by atoms with E-state index in [2.05, 4.69) is 48.5 Å². The van der Waals surface area contributed by atoms with Crippen molar-refractivity contribution in [3.63, 3.8) is 0 Å². The lowest BCUT2D eigenvalue weighted by molar-refractivity contribution is -0.0228. The van der Waals surface area contributed by atoms with Gasteiger partial charge in [-0.3, -0.25) is 0 Å². The maximum Gasteiger partial charge on any atom is 0.148 e. The molecule has 2 rings (SSSR count). The molecule has 0 heterocycles. The van der Waals surface area contributed by atoms with Crippen LogP contribution in [0.1, 0.15) is 6.92 Å². The molecule has 0 saturated carbocycles. The standard InChI is InChI=1S/C12H10.C2H6O2/c1-3-7-11(8-4-1)12-9-5-2-6-10-12;1-2(3)4/h1-10H;2-4H,1H3. The van der Waals surface area contributed by atoms with Crippen LogP contribution in [0.15, 0.2) is 60.7 Å². The molecule has 0 bridgehead atoms. The first-order chi connectivity index (χ1) is 7.70. The van der Waals surface area contributed by atoms with Gasteiger partial charge in [0.15, 0.2) is 0 Å². The van der Waals surface area contributed by atoms with E-state index in [0.29, 0.717) is 0 Å². The van der Waals surface area contributed by atoms with Gasteiger partial charge in [-0.15, -0.1) is 0 Å². The minimum atomic E-state index is -1.17. The molecule has 2 N–H and O–H groups in total. The Morgan fingerprint density at radius 2 is 0.938 bits per heavy atom. The van der Waals surface area contributed by atoms with Crippen LogP contribution in [0.25, 0.3) is 11.1 Å². The summed E-state index contributed by atoms with van der Waals surface area (Å²) in [6.07, 6.45) is -1.17.